The Morgan fingerprint density at radius 1 is 1.07 bits per heavy atom. The van der Waals surface area contributed by atoms with Gasteiger partial charge in [-0.1, -0.05) is 47.6 Å². The summed E-state index contributed by atoms with van der Waals surface area (Å²) in [6.07, 6.45) is 0. The highest BCUT2D eigenvalue weighted by Crippen LogP contribution is 2.26. The second-order valence-corrected chi connectivity index (χ2v) is 6.48. The predicted octanol–water partition coefficient (Wildman–Crippen LogP) is 3.67. The van der Waals surface area contributed by atoms with E-state index < -0.39 is 0 Å². The van der Waals surface area contributed by atoms with Gasteiger partial charge in [0.1, 0.15) is 11.6 Å². The summed E-state index contributed by atoms with van der Waals surface area (Å²) in [6, 6.07) is 19.2. The predicted molar refractivity (Wildman–Crippen MR) is 108 cm³/mol. The number of fused-ring (bicyclic) bond motifs is 1. The van der Waals surface area contributed by atoms with Crippen LogP contribution >= 0.6 is 0 Å². The first kappa shape index (κ1) is 17.7. The van der Waals surface area contributed by atoms with Gasteiger partial charge in [0.05, 0.1) is 12.1 Å². The van der Waals surface area contributed by atoms with Crippen LogP contribution in [0.3, 0.4) is 0 Å². The van der Waals surface area contributed by atoms with Gasteiger partial charge in [-0.3, -0.25) is 4.79 Å². The Balaban J connectivity index is 1.65. The van der Waals surface area contributed by atoms with Crippen molar-refractivity contribution >= 4 is 28.4 Å². The molecule has 2 aromatic carbocycles. The quantitative estimate of drug-likeness (QED) is 0.575. The van der Waals surface area contributed by atoms with Crippen LogP contribution in [-0.4, -0.2) is 34.6 Å². The smallest absolute Gasteiger partial charge is 0.245 e. The average Bonchev–Trinajstić information content (AvgIpc) is 3.12. The number of aryl methyl sites for hydroxylation is 1. The van der Waals surface area contributed by atoms with Crippen LogP contribution in [0.25, 0.3) is 22.3 Å². The topological polar surface area (TPSA) is 84.2 Å². The lowest BCUT2D eigenvalue weighted by molar-refractivity contribution is -0.115. The maximum atomic E-state index is 12.4. The summed E-state index contributed by atoms with van der Waals surface area (Å²) in [7, 11) is 1.83. The minimum absolute atomic E-state index is 0.112. The summed E-state index contributed by atoms with van der Waals surface area (Å²) >= 11 is 0. The SMILES string of the molecule is Cc1cc(NC(=O)CN(C)c2nc(-c3ccccc3)nc3ccccc23)no1. The zero-order chi connectivity index (χ0) is 19.5. The molecule has 2 heterocycles. The average molecular weight is 373 g/mol. The third-order valence-electron chi connectivity index (χ3n) is 4.25. The van der Waals surface area contributed by atoms with Gasteiger partial charge in [-0.2, -0.15) is 0 Å². The fraction of sp³-hybridized carbons (Fsp3) is 0.143. The fourth-order valence-electron chi connectivity index (χ4n) is 2.97. The molecule has 4 rings (SSSR count). The summed E-state index contributed by atoms with van der Waals surface area (Å²) in [5.74, 6) is 2.13. The Hall–Kier alpha value is -3.74. The molecule has 0 spiro atoms. The van der Waals surface area contributed by atoms with Crippen molar-refractivity contribution in [3.63, 3.8) is 0 Å². The Kier molecular flexibility index (Phi) is 4.72. The van der Waals surface area contributed by atoms with E-state index in [1.807, 2.05) is 61.6 Å². The highest BCUT2D eigenvalue weighted by Gasteiger charge is 2.16. The molecule has 2 aromatic heterocycles. The van der Waals surface area contributed by atoms with Gasteiger partial charge in [0, 0.05) is 24.1 Å². The van der Waals surface area contributed by atoms with Crippen LogP contribution in [0.2, 0.25) is 0 Å². The Morgan fingerprint density at radius 3 is 2.57 bits per heavy atom. The van der Waals surface area contributed by atoms with E-state index in [-0.39, 0.29) is 12.5 Å². The maximum absolute atomic E-state index is 12.4. The molecule has 28 heavy (non-hydrogen) atoms. The molecular weight excluding hydrogens is 354 g/mol. The van der Waals surface area contributed by atoms with Crippen molar-refractivity contribution in [1.82, 2.24) is 15.1 Å². The van der Waals surface area contributed by atoms with E-state index >= 15 is 0 Å². The number of amides is 1. The number of rotatable bonds is 5. The number of carbonyl (C=O) groups is 1. The molecule has 140 valence electrons. The van der Waals surface area contributed by atoms with Gasteiger partial charge in [0.25, 0.3) is 0 Å². The van der Waals surface area contributed by atoms with Crippen LogP contribution < -0.4 is 10.2 Å². The number of carbonyl (C=O) groups excluding carboxylic acids is 1. The molecule has 4 aromatic rings. The molecule has 0 aliphatic carbocycles. The molecular formula is C21H19N5O2. The Labute approximate surface area is 162 Å². The van der Waals surface area contributed by atoms with E-state index in [0.717, 1.165) is 16.5 Å². The highest BCUT2D eigenvalue weighted by molar-refractivity contribution is 5.96. The number of benzene rings is 2. The van der Waals surface area contributed by atoms with Gasteiger partial charge >= 0.3 is 0 Å². The van der Waals surface area contributed by atoms with E-state index in [9.17, 15) is 4.79 Å². The first-order valence-electron chi connectivity index (χ1n) is 8.86. The van der Waals surface area contributed by atoms with Crippen LogP contribution in [0.5, 0.6) is 0 Å². The fourth-order valence-corrected chi connectivity index (χ4v) is 2.97. The number of hydrogen-bond acceptors (Lipinski definition) is 6. The van der Waals surface area contributed by atoms with Crippen LogP contribution in [-0.2, 0) is 4.79 Å². The van der Waals surface area contributed by atoms with Crippen molar-refractivity contribution in [2.24, 2.45) is 0 Å². The summed E-state index contributed by atoms with van der Waals surface area (Å²) in [5, 5.41) is 7.40. The lowest BCUT2D eigenvalue weighted by Crippen LogP contribution is -2.31. The first-order valence-corrected chi connectivity index (χ1v) is 8.86. The molecule has 0 unspecified atom stereocenters. The molecule has 7 nitrogen and oxygen atoms in total. The standard InChI is InChI=1S/C21H19N5O2/c1-14-12-18(25-28-14)23-19(27)13-26(2)21-16-10-6-7-11-17(16)22-20(24-21)15-8-4-3-5-9-15/h3-12H,13H2,1-2H3,(H,23,25,27). The Morgan fingerprint density at radius 2 is 1.82 bits per heavy atom. The maximum Gasteiger partial charge on any atom is 0.245 e. The van der Waals surface area contributed by atoms with Gasteiger partial charge in [0.2, 0.25) is 5.91 Å². The van der Waals surface area contributed by atoms with E-state index in [0.29, 0.717) is 23.2 Å². The van der Waals surface area contributed by atoms with E-state index in [1.54, 1.807) is 17.9 Å². The normalized spacial score (nSPS) is 10.8. The summed E-state index contributed by atoms with van der Waals surface area (Å²) in [4.78, 5) is 23.6. The Bertz CT molecular complexity index is 1120. The third kappa shape index (κ3) is 3.68. The van der Waals surface area contributed by atoms with Gasteiger partial charge < -0.3 is 14.7 Å². The number of nitrogens with one attached hydrogen (secondary N) is 1. The number of para-hydroxylation sites is 1. The van der Waals surface area contributed by atoms with Crippen molar-refractivity contribution in [3.8, 4) is 11.4 Å². The number of likely N-dealkylation sites (N-methyl/N-ethyl adjacent to an activating group) is 1. The lowest BCUT2D eigenvalue weighted by Gasteiger charge is -2.20. The van der Waals surface area contributed by atoms with Crippen molar-refractivity contribution in [2.45, 2.75) is 6.92 Å². The van der Waals surface area contributed by atoms with Crippen molar-refractivity contribution in [2.75, 3.05) is 23.8 Å². The largest absolute Gasteiger partial charge is 0.360 e. The van der Waals surface area contributed by atoms with Crippen molar-refractivity contribution < 1.29 is 9.32 Å². The highest BCUT2D eigenvalue weighted by atomic mass is 16.5. The summed E-state index contributed by atoms with van der Waals surface area (Å²) in [6.45, 7) is 1.88. The molecule has 0 saturated carbocycles. The van der Waals surface area contributed by atoms with Crippen LogP contribution in [0.1, 0.15) is 5.76 Å². The zero-order valence-electron chi connectivity index (χ0n) is 15.6. The van der Waals surface area contributed by atoms with E-state index in [2.05, 4.69) is 15.5 Å². The molecule has 0 saturated heterocycles. The zero-order valence-corrected chi connectivity index (χ0v) is 15.6. The van der Waals surface area contributed by atoms with E-state index in [4.69, 9.17) is 9.51 Å². The van der Waals surface area contributed by atoms with Crippen LogP contribution in [0.4, 0.5) is 11.6 Å². The number of hydrogen-bond donors (Lipinski definition) is 1. The first-order chi connectivity index (χ1) is 13.6. The molecule has 7 heteroatoms. The minimum Gasteiger partial charge on any atom is -0.360 e. The minimum atomic E-state index is -0.209. The monoisotopic (exact) mass is 373 g/mol. The number of aromatic nitrogens is 3. The molecule has 1 amide bonds. The van der Waals surface area contributed by atoms with Crippen molar-refractivity contribution in [1.29, 1.82) is 0 Å². The summed E-state index contributed by atoms with van der Waals surface area (Å²) in [5.41, 5.74) is 1.75. The molecule has 0 atom stereocenters. The number of nitrogens with zero attached hydrogens (tertiary/aromatic N) is 4. The molecule has 0 bridgehead atoms. The third-order valence-corrected chi connectivity index (χ3v) is 4.25. The summed E-state index contributed by atoms with van der Waals surface area (Å²) < 4.78 is 4.98. The van der Waals surface area contributed by atoms with Crippen molar-refractivity contribution in [3.05, 3.63) is 66.4 Å². The van der Waals surface area contributed by atoms with Crippen LogP contribution in [0, 0.1) is 6.92 Å². The molecule has 0 aliphatic heterocycles. The number of anilines is 2. The second kappa shape index (κ2) is 7.48. The van der Waals surface area contributed by atoms with Gasteiger partial charge in [-0.15, -0.1) is 0 Å². The van der Waals surface area contributed by atoms with Gasteiger partial charge in [-0.25, -0.2) is 9.97 Å². The lowest BCUT2D eigenvalue weighted by atomic mass is 10.2. The van der Waals surface area contributed by atoms with E-state index in [1.165, 1.54) is 0 Å². The van der Waals surface area contributed by atoms with Crippen LogP contribution in [0.15, 0.2) is 65.2 Å². The second-order valence-electron chi connectivity index (χ2n) is 6.48. The molecule has 0 radical (unpaired) electrons. The molecule has 1 N–H and O–H groups in total. The molecule has 0 aliphatic rings. The molecule has 0 fully saturated rings. The van der Waals surface area contributed by atoms with Gasteiger partial charge in [-0.05, 0) is 19.1 Å². The van der Waals surface area contributed by atoms with Gasteiger partial charge in [0.15, 0.2) is 11.6 Å².